The normalized spacial score (nSPS) is 17.8. The minimum Gasteiger partial charge on any atom is -0.350 e. The Morgan fingerprint density at radius 1 is 1.28 bits per heavy atom. The van der Waals surface area contributed by atoms with Gasteiger partial charge in [0, 0.05) is 47.2 Å². The van der Waals surface area contributed by atoms with Crippen molar-refractivity contribution in [2.45, 2.75) is 37.6 Å². The Bertz CT molecular complexity index is 755. The Morgan fingerprint density at radius 3 is 2.72 bits per heavy atom. The number of rotatable bonds is 4. The summed E-state index contributed by atoms with van der Waals surface area (Å²) in [5, 5.41) is 13.7. The Kier molecular flexibility index (Phi) is 5.51. The summed E-state index contributed by atoms with van der Waals surface area (Å²) in [6, 6.07) is 8.48. The number of hydrogen-bond donors (Lipinski definition) is 3. The summed E-state index contributed by atoms with van der Waals surface area (Å²) >= 11 is 3.49. The summed E-state index contributed by atoms with van der Waals surface area (Å²) in [6.07, 6.45) is 4.36. The molecular formula is C18H22BrClN4O. The Labute approximate surface area is 161 Å². The molecule has 1 aromatic carbocycles. The van der Waals surface area contributed by atoms with E-state index >= 15 is 0 Å². The van der Waals surface area contributed by atoms with Crippen LogP contribution in [0.1, 0.15) is 46.6 Å². The summed E-state index contributed by atoms with van der Waals surface area (Å²) in [5.41, 5.74) is 4.03. The zero-order chi connectivity index (χ0) is 16.6. The van der Waals surface area contributed by atoms with Gasteiger partial charge in [-0.2, -0.15) is 5.10 Å². The molecule has 25 heavy (non-hydrogen) atoms. The van der Waals surface area contributed by atoms with Crippen molar-refractivity contribution in [2.75, 3.05) is 13.1 Å². The number of carbonyl (C=O) groups excluding carboxylic acids is 1. The molecule has 0 atom stereocenters. The van der Waals surface area contributed by atoms with Gasteiger partial charge in [0.1, 0.15) is 0 Å². The van der Waals surface area contributed by atoms with Crippen LogP contribution in [0.25, 0.3) is 0 Å². The minimum absolute atomic E-state index is 0. The second-order valence-corrected chi connectivity index (χ2v) is 7.70. The van der Waals surface area contributed by atoms with Gasteiger partial charge in [-0.15, -0.1) is 12.4 Å². The minimum atomic E-state index is -0.0698. The van der Waals surface area contributed by atoms with E-state index in [-0.39, 0.29) is 23.7 Å². The summed E-state index contributed by atoms with van der Waals surface area (Å²) in [7, 11) is 0. The average molecular weight is 426 g/mol. The van der Waals surface area contributed by atoms with Crippen LogP contribution in [0.4, 0.5) is 0 Å². The van der Waals surface area contributed by atoms with E-state index in [1.807, 2.05) is 0 Å². The van der Waals surface area contributed by atoms with Crippen LogP contribution < -0.4 is 10.6 Å². The highest BCUT2D eigenvalue weighted by atomic mass is 79.9. The molecular weight excluding hydrogens is 404 g/mol. The van der Waals surface area contributed by atoms with E-state index in [1.165, 1.54) is 12.0 Å². The maximum Gasteiger partial charge on any atom is 0.272 e. The number of carbonyl (C=O) groups is 1. The monoisotopic (exact) mass is 424 g/mol. The van der Waals surface area contributed by atoms with Gasteiger partial charge in [-0.05, 0) is 30.5 Å². The summed E-state index contributed by atoms with van der Waals surface area (Å²) in [5.74, 6) is -0.0698. The smallest absolute Gasteiger partial charge is 0.272 e. The summed E-state index contributed by atoms with van der Waals surface area (Å²) in [6.45, 7) is 2.32. The first-order chi connectivity index (χ1) is 11.7. The number of amides is 1. The van der Waals surface area contributed by atoms with Crippen molar-refractivity contribution in [3.63, 3.8) is 0 Å². The standard InChI is InChI=1S/C18H21BrN4O.ClH/c19-13-4-2-12(3-5-13)18(7-1-8-18)11-21-17(24)16-14-10-20-9-6-15(14)22-23-16;/h2-5,20H,1,6-11H2,(H,21,24)(H,22,23);1H. The SMILES string of the molecule is Cl.O=C(NCC1(c2ccc(Br)cc2)CCC1)c1n[nH]c2c1CNCC2. The van der Waals surface area contributed by atoms with Crippen LogP contribution in [-0.4, -0.2) is 29.2 Å². The van der Waals surface area contributed by atoms with Crippen molar-refractivity contribution in [3.8, 4) is 0 Å². The third kappa shape index (κ3) is 3.48. The van der Waals surface area contributed by atoms with Crippen LogP contribution in [0.5, 0.6) is 0 Å². The third-order valence-corrected chi connectivity index (χ3v) is 5.90. The molecule has 4 rings (SSSR count). The maximum atomic E-state index is 12.6. The quantitative estimate of drug-likeness (QED) is 0.705. The second-order valence-electron chi connectivity index (χ2n) is 6.78. The van der Waals surface area contributed by atoms with Gasteiger partial charge in [0.05, 0.1) is 0 Å². The first-order valence-corrected chi connectivity index (χ1v) is 9.28. The molecule has 0 radical (unpaired) electrons. The van der Waals surface area contributed by atoms with Crippen molar-refractivity contribution < 1.29 is 4.79 Å². The van der Waals surface area contributed by atoms with Gasteiger partial charge < -0.3 is 10.6 Å². The van der Waals surface area contributed by atoms with E-state index in [2.05, 4.69) is 61.0 Å². The molecule has 7 heteroatoms. The maximum absolute atomic E-state index is 12.6. The number of hydrogen-bond acceptors (Lipinski definition) is 3. The first-order valence-electron chi connectivity index (χ1n) is 8.49. The predicted molar refractivity (Wildman–Crippen MR) is 103 cm³/mol. The molecule has 5 nitrogen and oxygen atoms in total. The zero-order valence-corrected chi connectivity index (χ0v) is 16.3. The number of halogens is 2. The fourth-order valence-corrected chi connectivity index (χ4v) is 3.99. The zero-order valence-electron chi connectivity index (χ0n) is 13.9. The molecule has 1 saturated carbocycles. The number of nitrogens with zero attached hydrogens (tertiary/aromatic N) is 1. The number of fused-ring (bicyclic) bond motifs is 1. The van der Waals surface area contributed by atoms with Crippen LogP contribution in [0.3, 0.4) is 0 Å². The molecule has 2 aromatic rings. The van der Waals surface area contributed by atoms with Crippen LogP contribution in [0, 0.1) is 0 Å². The van der Waals surface area contributed by atoms with E-state index < -0.39 is 0 Å². The third-order valence-electron chi connectivity index (χ3n) is 5.38. The van der Waals surface area contributed by atoms with Gasteiger partial charge in [-0.1, -0.05) is 34.5 Å². The lowest BCUT2D eigenvalue weighted by molar-refractivity contribution is 0.0921. The molecule has 3 N–H and O–H groups in total. The molecule has 0 saturated heterocycles. The van der Waals surface area contributed by atoms with Crippen molar-refractivity contribution in [3.05, 3.63) is 51.3 Å². The lowest BCUT2D eigenvalue weighted by atomic mass is 9.64. The Morgan fingerprint density at radius 2 is 2.04 bits per heavy atom. The molecule has 0 bridgehead atoms. The molecule has 1 aliphatic heterocycles. The van der Waals surface area contributed by atoms with Gasteiger partial charge in [0.15, 0.2) is 5.69 Å². The topological polar surface area (TPSA) is 69.8 Å². The van der Waals surface area contributed by atoms with Gasteiger partial charge in [-0.3, -0.25) is 9.89 Å². The van der Waals surface area contributed by atoms with Gasteiger partial charge >= 0.3 is 0 Å². The van der Waals surface area contributed by atoms with Crippen LogP contribution in [-0.2, 0) is 18.4 Å². The van der Waals surface area contributed by atoms with Crippen LogP contribution in [0.2, 0.25) is 0 Å². The van der Waals surface area contributed by atoms with Gasteiger partial charge in [-0.25, -0.2) is 0 Å². The number of aromatic nitrogens is 2. The number of nitrogens with one attached hydrogen (secondary N) is 3. The van der Waals surface area contributed by atoms with Crippen molar-refractivity contribution >= 4 is 34.2 Å². The van der Waals surface area contributed by atoms with Crippen LogP contribution in [0.15, 0.2) is 28.7 Å². The van der Waals surface area contributed by atoms with E-state index in [0.29, 0.717) is 18.8 Å². The fraction of sp³-hybridized carbons (Fsp3) is 0.444. The van der Waals surface area contributed by atoms with Crippen molar-refractivity contribution in [1.29, 1.82) is 0 Å². The lowest BCUT2D eigenvalue weighted by Gasteiger charge is -2.42. The highest BCUT2D eigenvalue weighted by Crippen LogP contribution is 2.43. The molecule has 0 unspecified atom stereocenters. The predicted octanol–water partition coefficient (Wildman–Crippen LogP) is 3.09. The largest absolute Gasteiger partial charge is 0.350 e. The van der Waals surface area contributed by atoms with Gasteiger partial charge in [0.2, 0.25) is 0 Å². The summed E-state index contributed by atoms with van der Waals surface area (Å²) < 4.78 is 1.08. The van der Waals surface area contributed by atoms with E-state index in [4.69, 9.17) is 0 Å². The molecule has 1 aromatic heterocycles. The van der Waals surface area contributed by atoms with E-state index in [0.717, 1.165) is 41.5 Å². The molecule has 134 valence electrons. The van der Waals surface area contributed by atoms with Crippen molar-refractivity contribution in [1.82, 2.24) is 20.8 Å². The highest BCUT2D eigenvalue weighted by molar-refractivity contribution is 9.10. The average Bonchev–Trinajstić information content (AvgIpc) is 2.99. The van der Waals surface area contributed by atoms with Crippen LogP contribution >= 0.6 is 28.3 Å². The molecule has 1 aliphatic carbocycles. The van der Waals surface area contributed by atoms with E-state index in [9.17, 15) is 4.79 Å². The van der Waals surface area contributed by atoms with Gasteiger partial charge in [0.25, 0.3) is 5.91 Å². The molecule has 2 heterocycles. The number of aromatic amines is 1. The molecule has 2 aliphatic rings. The molecule has 1 fully saturated rings. The number of H-pyrrole nitrogens is 1. The van der Waals surface area contributed by atoms with E-state index in [1.54, 1.807) is 0 Å². The molecule has 1 amide bonds. The fourth-order valence-electron chi connectivity index (χ4n) is 3.72. The first kappa shape index (κ1) is 18.4. The Balaban J connectivity index is 0.00000182. The number of benzene rings is 1. The lowest BCUT2D eigenvalue weighted by Crippen LogP contribution is -2.45. The second kappa shape index (κ2) is 7.48. The molecule has 0 spiro atoms. The van der Waals surface area contributed by atoms with Crippen molar-refractivity contribution in [2.24, 2.45) is 0 Å². The highest BCUT2D eigenvalue weighted by Gasteiger charge is 2.39. The summed E-state index contributed by atoms with van der Waals surface area (Å²) in [4.78, 5) is 12.6. The Hall–Kier alpha value is -1.37.